The minimum Gasteiger partial charge on any atom is -0.494 e. The molecule has 12 heteroatoms. The maximum Gasteiger partial charge on any atom is 0.500 e. The summed E-state index contributed by atoms with van der Waals surface area (Å²) in [5.74, 6) is -0.0423. The van der Waals surface area contributed by atoms with Gasteiger partial charge >= 0.3 is 7.12 Å². The fraction of sp³-hybridized carbons (Fsp3) is 0.300. The van der Waals surface area contributed by atoms with Crippen molar-refractivity contribution in [3.63, 3.8) is 0 Å². The van der Waals surface area contributed by atoms with Crippen molar-refractivity contribution in [1.82, 2.24) is 5.01 Å². The summed E-state index contributed by atoms with van der Waals surface area (Å²) in [5.41, 5.74) is 0.918. The van der Waals surface area contributed by atoms with Gasteiger partial charge in [0.05, 0.1) is 13.3 Å². The molecule has 0 spiro atoms. The Kier molecular flexibility index (Phi) is 7.17. The largest absolute Gasteiger partial charge is 0.500 e. The molecule has 32 heavy (non-hydrogen) atoms. The predicted molar refractivity (Wildman–Crippen MR) is 118 cm³/mol. The van der Waals surface area contributed by atoms with E-state index in [1.54, 1.807) is 0 Å². The molecule has 2 aromatic carbocycles. The number of amidine groups is 1. The summed E-state index contributed by atoms with van der Waals surface area (Å²) < 4.78 is 47.9. The van der Waals surface area contributed by atoms with Crippen LogP contribution in [0.15, 0.2) is 50.8 Å². The Morgan fingerprint density at radius 2 is 2.03 bits per heavy atom. The lowest BCUT2D eigenvalue weighted by Crippen LogP contribution is -2.29. The minimum absolute atomic E-state index is 0.0633. The Morgan fingerprint density at radius 3 is 2.69 bits per heavy atom. The number of fused-ring (bicyclic) bond motifs is 1. The summed E-state index contributed by atoms with van der Waals surface area (Å²) in [7, 11) is -3.81. The van der Waals surface area contributed by atoms with Crippen LogP contribution in [0.5, 0.6) is 11.5 Å². The highest BCUT2D eigenvalue weighted by Crippen LogP contribution is 2.31. The second kappa shape index (κ2) is 9.68. The fourth-order valence-corrected chi connectivity index (χ4v) is 4.12. The molecule has 0 atom stereocenters. The van der Waals surface area contributed by atoms with Crippen LogP contribution in [0.25, 0.3) is 0 Å². The van der Waals surface area contributed by atoms with E-state index in [1.807, 2.05) is 13.8 Å². The van der Waals surface area contributed by atoms with E-state index in [1.165, 1.54) is 61.6 Å². The molecule has 0 radical (unpaired) electrons. The van der Waals surface area contributed by atoms with Gasteiger partial charge in [0.2, 0.25) is 0 Å². The van der Waals surface area contributed by atoms with Crippen LogP contribution in [-0.4, -0.2) is 51.3 Å². The molecule has 2 aromatic rings. The number of hydrogen-bond acceptors (Lipinski definition) is 8. The third-order valence-corrected chi connectivity index (χ3v) is 5.57. The van der Waals surface area contributed by atoms with Crippen LogP contribution in [0, 0.1) is 11.7 Å². The summed E-state index contributed by atoms with van der Waals surface area (Å²) in [5, 5.41) is 15.1. The van der Waals surface area contributed by atoms with Gasteiger partial charge in [-0.3, -0.25) is 0 Å². The number of hydrogen-bond donors (Lipinski definition) is 1. The van der Waals surface area contributed by atoms with E-state index in [2.05, 4.69) is 14.3 Å². The standard InChI is InChI=1S/C20H23BFN3O6S/c1-13(2)12-25(23-11-14-5-8-17(22)18(9-14)29-4)20-16-7-6-15(30-31-21(3)26)10-19(16)32(27,28)24-20/h5-11,13,26H,12H2,1-4H3/b23-11+. The molecular weight excluding hydrogens is 440 g/mol. The molecule has 170 valence electrons. The van der Waals surface area contributed by atoms with E-state index >= 15 is 0 Å². The first kappa shape index (κ1) is 23.7. The molecule has 9 nitrogen and oxygen atoms in total. The Hall–Kier alpha value is -2.96. The molecule has 0 fully saturated rings. The van der Waals surface area contributed by atoms with Crippen molar-refractivity contribution in [2.45, 2.75) is 25.6 Å². The van der Waals surface area contributed by atoms with Gasteiger partial charge in [0.1, 0.15) is 4.90 Å². The molecule has 3 rings (SSSR count). The molecule has 0 amide bonds. The number of halogens is 1. The monoisotopic (exact) mass is 463 g/mol. The smallest absolute Gasteiger partial charge is 0.494 e. The van der Waals surface area contributed by atoms with Gasteiger partial charge in [-0.15, -0.1) is 4.40 Å². The van der Waals surface area contributed by atoms with Crippen molar-refractivity contribution < 1.29 is 32.3 Å². The van der Waals surface area contributed by atoms with Crippen molar-refractivity contribution in [2.75, 3.05) is 13.7 Å². The zero-order valence-corrected chi connectivity index (χ0v) is 18.8. The van der Waals surface area contributed by atoms with Crippen LogP contribution in [-0.2, 0) is 14.8 Å². The van der Waals surface area contributed by atoms with Crippen LogP contribution in [0.4, 0.5) is 4.39 Å². The topological polar surface area (TPSA) is 110 Å². The SMILES string of the molecule is COc1cc(/C=N/N(CC(C)C)C2=NS(=O)(=O)c3cc(OOB(C)O)ccc32)ccc1F. The first-order valence-electron chi connectivity index (χ1n) is 9.76. The van der Waals surface area contributed by atoms with E-state index in [-0.39, 0.29) is 28.1 Å². The molecule has 1 aliphatic heterocycles. The molecule has 1 heterocycles. The van der Waals surface area contributed by atoms with Crippen LogP contribution in [0.3, 0.4) is 0 Å². The average Bonchev–Trinajstić information content (AvgIpc) is 3.00. The first-order valence-corrected chi connectivity index (χ1v) is 11.2. The second-order valence-electron chi connectivity index (χ2n) is 7.44. The zero-order chi connectivity index (χ0) is 23.5. The number of ether oxygens (including phenoxy) is 1. The maximum absolute atomic E-state index is 13.7. The lowest BCUT2D eigenvalue weighted by Gasteiger charge is -2.21. The number of benzene rings is 2. The van der Waals surface area contributed by atoms with Gasteiger partial charge in [-0.05, 0) is 42.6 Å². The number of hydrazone groups is 1. The van der Waals surface area contributed by atoms with Crippen LogP contribution in [0.2, 0.25) is 6.82 Å². The Labute approximate surface area is 186 Å². The molecule has 0 unspecified atom stereocenters. The van der Waals surface area contributed by atoms with Gasteiger partial charge < -0.3 is 14.6 Å². The Morgan fingerprint density at radius 1 is 1.28 bits per heavy atom. The normalized spacial score (nSPS) is 14.4. The van der Waals surface area contributed by atoms with Crippen molar-refractivity contribution >= 4 is 29.2 Å². The van der Waals surface area contributed by atoms with E-state index in [0.717, 1.165) is 0 Å². The van der Waals surface area contributed by atoms with Gasteiger partial charge in [-0.25, -0.2) is 14.2 Å². The van der Waals surface area contributed by atoms with Crippen molar-refractivity contribution in [1.29, 1.82) is 0 Å². The van der Waals surface area contributed by atoms with Gasteiger partial charge in [-0.1, -0.05) is 19.9 Å². The average molecular weight is 463 g/mol. The number of nitrogens with zero attached hydrogens (tertiary/aromatic N) is 3. The quantitative estimate of drug-likeness (QED) is 0.277. The summed E-state index contributed by atoms with van der Waals surface area (Å²) in [4.78, 5) is 9.52. The summed E-state index contributed by atoms with van der Waals surface area (Å²) >= 11 is 0. The molecule has 0 bridgehead atoms. The maximum atomic E-state index is 13.7. The lowest BCUT2D eigenvalue weighted by molar-refractivity contribution is -0.119. The van der Waals surface area contributed by atoms with E-state index in [4.69, 9.17) is 9.62 Å². The summed E-state index contributed by atoms with van der Waals surface area (Å²) in [6.45, 7) is 5.65. The highest BCUT2D eigenvalue weighted by molar-refractivity contribution is 7.90. The van der Waals surface area contributed by atoms with Gasteiger partial charge in [0, 0.05) is 18.2 Å². The number of rotatable bonds is 8. The van der Waals surface area contributed by atoms with E-state index < -0.39 is 23.0 Å². The second-order valence-corrected chi connectivity index (χ2v) is 9.01. The third-order valence-electron chi connectivity index (χ3n) is 4.27. The molecule has 1 N–H and O–H groups in total. The molecule has 0 saturated heterocycles. The number of methoxy groups -OCH3 is 1. The molecular formula is C20H23BFN3O6S. The lowest BCUT2D eigenvalue weighted by atomic mass is 9.98. The third kappa shape index (κ3) is 5.45. The fourth-order valence-electron chi connectivity index (χ4n) is 2.90. The predicted octanol–water partition coefficient (Wildman–Crippen LogP) is 2.70. The molecule has 0 saturated carbocycles. The zero-order valence-electron chi connectivity index (χ0n) is 18.0. The highest BCUT2D eigenvalue weighted by atomic mass is 32.2. The number of sulfonamides is 1. The van der Waals surface area contributed by atoms with Crippen molar-refractivity contribution in [3.8, 4) is 11.5 Å². The first-order chi connectivity index (χ1) is 15.1. The van der Waals surface area contributed by atoms with Crippen LogP contribution in [0.1, 0.15) is 25.0 Å². The van der Waals surface area contributed by atoms with E-state index in [9.17, 15) is 17.8 Å². The van der Waals surface area contributed by atoms with Gasteiger partial charge in [0.25, 0.3) is 10.0 Å². The van der Waals surface area contributed by atoms with Gasteiger partial charge in [-0.2, -0.15) is 13.5 Å². The van der Waals surface area contributed by atoms with Gasteiger partial charge in [0.15, 0.2) is 23.2 Å². The minimum atomic E-state index is -3.99. The summed E-state index contributed by atoms with van der Waals surface area (Å²) in [6, 6.07) is 8.58. The highest BCUT2D eigenvalue weighted by Gasteiger charge is 2.33. The van der Waals surface area contributed by atoms with Crippen LogP contribution >= 0.6 is 0 Å². The van der Waals surface area contributed by atoms with Crippen molar-refractivity contribution in [3.05, 3.63) is 53.3 Å². The molecule has 1 aliphatic rings. The Bertz CT molecular complexity index is 1150. The Balaban J connectivity index is 1.95. The summed E-state index contributed by atoms with van der Waals surface area (Å²) in [6.07, 6.45) is 1.48. The molecule has 0 aliphatic carbocycles. The molecule has 0 aromatic heterocycles. The van der Waals surface area contributed by atoms with E-state index in [0.29, 0.717) is 17.7 Å². The van der Waals surface area contributed by atoms with Crippen LogP contribution < -0.4 is 9.62 Å². The van der Waals surface area contributed by atoms with Crippen molar-refractivity contribution in [2.24, 2.45) is 15.4 Å².